The highest BCUT2D eigenvalue weighted by Gasteiger charge is 2.03. The minimum absolute atomic E-state index is 1.03. The Labute approximate surface area is 68.2 Å². The van der Waals surface area contributed by atoms with E-state index in [0.29, 0.717) is 0 Å². The summed E-state index contributed by atoms with van der Waals surface area (Å²) in [6.07, 6.45) is 2.14. The minimum atomic E-state index is 1.03. The largest absolute Gasteiger partial charge is 0.349 e. The Morgan fingerprint density at radius 1 is 1.45 bits per heavy atom. The van der Waals surface area contributed by atoms with Gasteiger partial charge in [0.15, 0.2) is 0 Å². The van der Waals surface area contributed by atoms with Gasteiger partial charge in [0.2, 0.25) is 0 Å². The molecule has 0 aromatic carbocycles. The van der Waals surface area contributed by atoms with Gasteiger partial charge in [-0.3, -0.25) is 0 Å². The van der Waals surface area contributed by atoms with Gasteiger partial charge in [0.1, 0.15) is 0 Å². The Kier molecular flexibility index (Phi) is 3.17. The summed E-state index contributed by atoms with van der Waals surface area (Å²) in [7, 11) is 0. The Morgan fingerprint density at radius 3 is 3.00 bits per heavy atom. The molecule has 0 fully saturated rings. The zero-order valence-corrected chi connectivity index (χ0v) is 7.30. The molecule has 0 spiro atoms. The fourth-order valence-corrected chi connectivity index (χ4v) is 1.24. The third-order valence-corrected chi connectivity index (χ3v) is 1.76. The first kappa shape index (κ1) is 8.34. The molecular weight excluding hydrogens is 136 g/mol. The van der Waals surface area contributed by atoms with E-state index >= 15 is 0 Å². The van der Waals surface area contributed by atoms with Crippen LogP contribution in [0.25, 0.3) is 0 Å². The number of hydrogen-bond acceptors (Lipinski definition) is 1. The lowest BCUT2D eigenvalue weighted by Gasteiger charge is -2.15. The highest BCUT2D eigenvalue weighted by molar-refractivity contribution is 5.08. The second-order valence-corrected chi connectivity index (χ2v) is 2.37. The van der Waals surface area contributed by atoms with Crippen LogP contribution >= 0.6 is 0 Å². The fourth-order valence-electron chi connectivity index (χ4n) is 1.24. The highest BCUT2D eigenvalue weighted by atomic mass is 15.1. The van der Waals surface area contributed by atoms with Crippen molar-refractivity contribution in [3.63, 3.8) is 0 Å². The standard InChI is InChI=1S/C7H10N2.C2H6/c1-2-7-6-8-3-5-9(7)4-1;1-2/h1-2,4,8H,3,5-6H2;1-2H3. The van der Waals surface area contributed by atoms with Crippen molar-refractivity contribution in [1.82, 2.24) is 9.88 Å². The van der Waals surface area contributed by atoms with Crippen molar-refractivity contribution in [3.05, 3.63) is 24.0 Å². The molecule has 11 heavy (non-hydrogen) atoms. The van der Waals surface area contributed by atoms with Gasteiger partial charge >= 0.3 is 0 Å². The number of rotatable bonds is 0. The van der Waals surface area contributed by atoms with Crippen LogP contribution < -0.4 is 5.32 Å². The summed E-state index contributed by atoms with van der Waals surface area (Å²) in [6, 6.07) is 4.26. The normalized spacial score (nSPS) is 14.7. The molecule has 1 aromatic rings. The third-order valence-electron chi connectivity index (χ3n) is 1.76. The molecule has 2 nitrogen and oxygen atoms in total. The smallest absolute Gasteiger partial charge is 0.0360 e. The van der Waals surface area contributed by atoms with Crippen molar-refractivity contribution in [3.8, 4) is 0 Å². The van der Waals surface area contributed by atoms with Crippen LogP contribution in [0.4, 0.5) is 0 Å². The summed E-state index contributed by atoms with van der Waals surface area (Å²) in [4.78, 5) is 0. The van der Waals surface area contributed by atoms with E-state index in [1.807, 2.05) is 13.8 Å². The van der Waals surface area contributed by atoms with Crippen LogP contribution in [0, 0.1) is 0 Å². The molecule has 0 unspecified atom stereocenters. The maximum atomic E-state index is 3.31. The number of aromatic nitrogens is 1. The predicted molar refractivity (Wildman–Crippen MR) is 47.5 cm³/mol. The van der Waals surface area contributed by atoms with Crippen LogP contribution in [0.5, 0.6) is 0 Å². The Morgan fingerprint density at radius 2 is 2.27 bits per heavy atom. The van der Waals surface area contributed by atoms with Gasteiger partial charge in [-0.1, -0.05) is 13.8 Å². The van der Waals surface area contributed by atoms with Crippen molar-refractivity contribution in [2.45, 2.75) is 26.9 Å². The Hall–Kier alpha value is -0.760. The van der Waals surface area contributed by atoms with Gasteiger partial charge in [-0.25, -0.2) is 0 Å². The van der Waals surface area contributed by atoms with Crippen molar-refractivity contribution >= 4 is 0 Å². The fraction of sp³-hybridized carbons (Fsp3) is 0.556. The summed E-state index contributed by atoms with van der Waals surface area (Å²) in [6.45, 7) is 7.27. The van der Waals surface area contributed by atoms with E-state index < -0.39 is 0 Å². The topological polar surface area (TPSA) is 17.0 Å². The van der Waals surface area contributed by atoms with E-state index in [4.69, 9.17) is 0 Å². The zero-order chi connectivity index (χ0) is 8.10. The van der Waals surface area contributed by atoms with Gasteiger partial charge in [0.05, 0.1) is 0 Å². The first-order valence-electron chi connectivity index (χ1n) is 4.31. The molecule has 1 aliphatic heterocycles. The van der Waals surface area contributed by atoms with Gasteiger partial charge in [-0.15, -0.1) is 0 Å². The Bertz CT molecular complexity index is 183. The maximum Gasteiger partial charge on any atom is 0.0360 e. The average molecular weight is 152 g/mol. The van der Waals surface area contributed by atoms with Gasteiger partial charge in [-0.05, 0) is 12.1 Å². The summed E-state index contributed by atoms with van der Waals surface area (Å²) < 4.78 is 2.29. The van der Waals surface area contributed by atoms with Crippen LogP contribution in [0.1, 0.15) is 19.5 Å². The third kappa shape index (κ3) is 1.84. The van der Waals surface area contributed by atoms with Crippen LogP contribution in [0.3, 0.4) is 0 Å². The van der Waals surface area contributed by atoms with Gasteiger partial charge in [-0.2, -0.15) is 0 Å². The SMILES string of the molecule is CC.c1cc2n(c1)CCNC2. The molecule has 1 N–H and O–H groups in total. The monoisotopic (exact) mass is 152 g/mol. The molecular formula is C9H16N2. The lowest BCUT2D eigenvalue weighted by atomic mass is 10.3. The molecule has 0 saturated carbocycles. The molecule has 0 atom stereocenters. The van der Waals surface area contributed by atoms with Gasteiger partial charge < -0.3 is 9.88 Å². The van der Waals surface area contributed by atoms with Crippen LogP contribution in [-0.4, -0.2) is 11.1 Å². The molecule has 2 rings (SSSR count). The maximum absolute atomic E-state index is 3.31. The lowest BCUT2D eigenvalue weighted by molar-refractivity contribution is 0.517. The van der Waals surface area contributed by atoms with E-state index in [9.17, 15) is 0 Å². The van der Waals surface area contributed by atoms with E-state index in [2.05, 4.69) is 28.2 Å². The minimum Gasteiger partial charge on any atom is -0.349 e. The molecule has 2 heterocycles. The molecule has 62 valence electrons. The summed E-state index contributed by atoms with van der Waals surface area (Å²) in [5.41, 5.74) is 1.40. The molecule has 0 saturated heterocycles. The lowest BCUT2D eigenvalue weighted by Crippen LogP contribution is -2.27. The van der Waals surface area contributed by atoms with Crippen molar-refractivity contribution in [2.24, 2.45) is 0 Å². The van der Waals surface area contributed by atoms with Crippen molar-refractivity contribution in [1.29, 1.82) is 0 Å². The molecule has 0 bridgehead atoms. The number of nitrogens with zero attached hydrogens (tertiary/aromatic N) is 1. The molecule has 1 aromatic heterocycles. The summed E-state index contributed by atoms with van der Waals surface area (Å²) in [5.74, 6) is 0. The molecule has 2 heteroatoms. The van der Waals surface area contributed by atoms with Crippen LogP contribution in [-0.2, 0) is 13.1 Å². The number of fused-ring (bicyclic) bond motifs is 1. The summed E-state index contributed by atoms with van der Waals surface area (Å²) in [5, 5.41) is 3.31. The van der Waals surface area contributed by atoms with Crippen molar-refractivity contribution < 1.29 is 0 Å². The molecule has 0 aliphatic carbocycles. The molecule has 0 amide bonds. The molecule has 1 aliphatic rings. The first-order valence-corrected chi connectivity index (χ1v) is 4.31. The van der Waals surface area contributed by atoms with E-state index in [1.165, 1.54) is 5.69 Å². The van der Waals surface area contributed by atoms with Crippen LogP contribution in [0.2, 0.25) is 0 Å². The highest BCUT2D eigenvalue weighted by Crippen LogP contribution is 2.04. The van der Waals surface area contributed by atoms with E-state index in [1.54, 1.807) is 0 Å². The van der Waals surface area contributed by atoms with Crippen molar-refractivity contribution in [2.75, 3.05) is 6.54 Å². The van der Waals surface area contributed by atoms with E-state index in [0.717, 1.165) is 19.6 Å². The summed E-state index contributed by atoms with van der Waals surface area (Å²) >= 11 is 0. The zero-order valence-electron chi connectivity index (χ0n) is 7.30. The average Bonchev–Trinajstić information content (AvgIpc) is 2.55. The quantitative estimate of drug-likeness (QED) is 0.597. The number of nitrogens with one attached hydrogen (secondary N) is 1. The van der Waals surface area contributed by atoms with Gasteiger partial charge in [0, 0.05) is 31.5 Å². The van der Waals surface area contributed by atoms with Crippen LogP contribution in [0.15, 0.2) is 18.3 Å². The predicted octanol–water partition coefficient (Wildman–Crippen LogP) is 1.62. The number of hydrogen-bond donors (Lipinski definition) is 1. The van der Waals surface area contributed by atoms with E-state index in [-0.39, 0.29) is 0 Å². The van der Waals surface area contributed by atoms with Gasteiger partial charge in [0.25, 0.3) is 0 Å². The Balaban J connectivity index is 0.000000281. The second kappa shape index (κ2) is 4.19. The second-order valence-electron chi connectivity index (χ2n) is 2.37. The first-order chi connectivity index (χ1) is 5.47. The molecule has 0 radical (unpaired) electrons.